The van der Waals surface area contributed by atoms with Crippen molar-refractivity contribution >= 4 is 27.5 Å². The molecule has 0 aliphatic heterocycles. The van der Waals surface area contributed by atoms with Gasteiger partial charge in [-0.05, 0) is 47.8 Å². The zero-order valence-electron chi connectivity index (χ0n) is 11.2. The summed E-state index contributed by atoms with van der Waals surface area (Å²) in [7, 11) is 0. The summed E-state index contributed by atoms with van der Waals surface area (Å²) in [6.45, 7) is 6.57. The molecular formula is C14H16BrN3O. The van der Waals surface area contributed by atoms with Crippen LogP contribution in [0.15, 0.2) is 28.9 Å². The van der Waals surface area contributed by atoms with Crippen molar-refractivity contribution in [1.29, 1.82) is 0 Å². The highest BCUT2D eigenvalue weighted by atomic mass is 79.9. The van der Waals surface area contributed by atoms with Gasteiger partial charge in [-0.15, -0.1) is 0 Å². The number of benzene rings is 1. The molecule has 5 heteroatoms. The van der Waals surface area contributed by atoms with Gasteiger partial charge in [0.1, 0.15) is 5.69 Å². The standard InChI is InChI=1S/C14H16BrN3O/c1-4-18-13(11(15)8-16-18)14(19)17-12-9(2)6-5-7-10(12)3/h5-8H,4H2,1-3H3,(H,17,19). The van der Waals surface area contributed by atoms with Crippen LogP contribution in [0, 0.1) is 13.8 Å². The van der Waals surface area contributed by atoms with Crippen LogP contribution < -0.4 is 5.32 Å². The molecule has 0 bridgehead atoms. The largest absolute Gasteiger partial charge is 0.320 e. The molecule has 0 radical (unpaired) electrons. The van der Waals surface area contributed by atoms with E-state index in [1.54, 1.807) is 10.9 Å². The van der Waals surface area contributed by atoms with Crippen molar-refractivity contribution in [3.8, 4) is 0 Å². The number of carbonyl (C=O) groups excluding carboxylic acids is 1. The average molecular weight is 322 g/mol. The Morgan fingerprint density at radius 3 is 2.58 bits per heavy atom. The zero-order valence-corrected chi connectivity index (χ0v) is 12.8. The van der Waals surface area contributed by atoms with Crippen LogP contribution >= 0.6 is 15.9 Å². The topological polar surface area (TPSA) is 46.9 Å². The Balaban J connectivity index is 2.34. The van der Waals surface area contributed by atoms with Crippen LogP contribution in [0.4, 0.5) is 5.69 Å². The first-order valence-corrected chi connectivity index (χ1v) is 6.92. The fraction of sp³-hybridized carbons (Fsp3) is 0.286. The smallest absolute Gasteiger partial charge is 0.275 e. The van der Waals surface area contributed by atoms with Crippen LogP contribution in [-0.2, 0) is 6.54 Å². The number of nitrogens with zero attached hydrogens (tertiary/aromatic N) is 2. The predicted molar refractivity (Wildman–Crippen MR) is 79.5 cm³/mol. The number of hydrogen-bond acceptors (Lipinski definition) is 2. The highest BCUT2D eigenvalue weighted by Gasteiger charge is 2.17. The molecule has 100 valence electrons. The van der Waals surface area contributed by atoms with E-state index >= 15 is 0 Å². The summed E-state index contributed by atoms with van der Waals surface area (Å²) in [6, 6.07) is 5.94. The van der Waals surface area contributed by atoms with Crippen LogP contribution in [0.1, 0.15) is 28.5 Å². The quantitative estimate of drug-likeness (QED) is 0.939. The molecule has 0 spiro atoms. The molecular weight excluding hydrogens is 306 g/mol. The van der Waals surface area contributed by atoms with E-state index < -0.39 is 0 Å². The Morgan fingerprint density at radius 2 is 2.00 bits per heavy atom. The number of para-hydroxylation sites is 1. The summed E-state index contributed by atoms with van der Waals surface area (Å²) >= 11 is 3.36. The SMILES string of the molecule is CCn1ncc(Br)c1C(=O)Nc1c(C)cccc1C. The van der Waals surface area contributed by atoms with Crippen LogP contribution in [0.3, 0.4) is 0 Å². The van der Waals surface area contributed by atoms with Crippen LogP contribution in [-0.4, -0.2) is 15.7 Å². The average Bonchev–Trinajstić information content (AvgIpc) is 2.75. The number of anilines is 1. The van der Waals surface area contributed by atoms with Gasteiger partial charge in [-0.1, -0.05) is 18.2 Å². The minimum absolute atomic E-state index is 0.149. The Morgan fingerprint density at radius 1 is 1.37 bits per heavy atom. The molecule has 0 unspecified atom stereocenters. The van der Waals surface area contributed by atoms with Gasteiger partial charge in [-0.3, -0.25) is 9.48 Å². The van der Waals surface area contributed by atoms with Gasteiger partial charge in [0.25, 0.3) is 5.91 Å². The van der Waals surface area contributed by atoms with Gasteiger partial charge in [0.2, 0.25) is 0 Å². The van der Waals surface area contributed by atoms with Gasteiger partial charge >= 0.3 is 0 Å². The van der Waals surface area contributed by atoms with Crippen molar-refractivity contribution in [3.63, 3.8) is 0 Å². The summed E-state index contributed by atoms with van der Waals surface area (Å²) in [5.74, 6) is -0.149. The number of halogens is 1. The number of hydrogen-bond donors (Lipinski definition) is 1. The minimum Gasteiger partial charge on any atom is -0.320 e. The van der Waals surface area contributed by atoms with E-state index in [0.29, 0.717) is 16.7 Å². The molecule has 19 heavy (non-hydrogen) atoms. The minimum atomic E-state index is -0.149. The molecule has 1 aromatic carbocycles. The van der Waals surface area contributed by atoms with Crippen molar-refractivity contribution in [3.05, 3.63) is 45.7 Å². The van der Waals surface area contributed by atoms with Gasteiger partial charge in [-0.25, -0.2) is 0 Å². The van der Waals surface area contributed by atoms with E-state index in [2.05, 4.69) is 26.3 Å². The Bertz CT molecular complexity index is 599. The molecule has 0 aliphatic rings. The van der Waals surface area contributed by atoms with E-state index in [1.165, 1.54) is 0 Å². The third kappa shape index (κ3) is 2.71. The maximum Gasteiger partial charge on any atom is 0.275 e. The van der Waals surface area contributed by atoms with Crippen LogP contribution in [0.2, 0.25) is 0 Å². The fourth-order valence-corrected chi connectivity index (χ4v) is 2.49. The molecule has 1 heterocycles. The molecule has 1 N–H and O–H groups in total. The number of aryl methyl sites for hydroxylation is 3. The normalized spacial score (nSPS) is 10.5. The first-order chi connectivity index (χ1) is 9.04. The van der Waals surface area contributed by atoms with Crippen molar-refractivity contribution in [2.24, 2.45) is 0 Å². The summed E-state index contributed by atoms with van der Waals surface area (Å²) in [6.07, 6.45) is 1.64. The molecule has 0 fully saturated rings. The Kier molecular flexibility index (Phi) is 4.04. The van der Waals surface area contributed by atoms with E-state index in [1.807, 2.05) is 39.0 Å². The van der Waals surface area contributed by atoms with Gasteiger partial charge in [-0.2, -0.15) is 5.10 Å². The third-order valence-corrected chi connectivity index (χ3v) is 3.61. The number of nitrogens with one attached hydrogen (secondary N) is 1. The van der Waals surface area contributed by atoms with Crippen LogP contribution in [0.5, 0.6) is 0 Å². The Hall–Kier alpha value is -1.62. The second-order valence-corrected chi connectivity index (χ2v) is 5.23. The molecule has 0 saturated carbocycles. The number of amides is 1. The second-order valence-electron chi connectivity index (χ2n) is 4.38. The van der Waals surface area contributed by atoms with Crippen LogP contribution in [0.25, 0.3) is 0 Å². The number of aromatic nitrogens is 2. The van der Waals surface area contributed by atoms with E-state index in [0.717, 1.165) is 16.8 Å². The van der Waals surface area contributed by atoms with Crippen molar-refractivity contribution in [2.45, 2.75) is 27.3 Å². The molecule has 1 amide bonds. The molecule has 0 aliphatic carbocycles. The monoisotopic (exact) mass is 321 g/mol. The summed E-state index contributed by atoms with van der Waals surface area (Å²) in [4.78, 5) is 12.4. The van der Waals surface area contributed by atoms with Crippen molar-refractivity contribution in [1.82, 2.24) is 9.78 Å². The molecule has 2 rings (SSSR count). The third-order valence-electron chi connectivity index (χ3n) is 3.03. The lowest BCUT2D eigenvalue weighted by Crippen LogP contribution is -2.19. The lowest BCUT2D eigenvalue weighted by atomic mass is 10.1. The molecule has 0 atom stereocenters. The van der Waals surface area contributed by atoms with E-state index in [9.17, 15) is 4.79 Å². The maximum absolute atomic E-state index is 12.4. The highest BCUT2D eigenvalue weighted by molar-refractivity contribution is 9.10. The predicted octanol–water partition coefficient (Wildman–Crippen LogP) is 3.53. The first kappa shape index (κ1) is 13.8. The molecule has 0 saturated heterocycles. The lowest BCUT2D eigenvalue weighted by Gasteiger charge is -2.12. The molecule has 1 aromatic heterocycles. The number of carbonyl (C=O) groups is 1. The second kappa shape index (κ2) is 5.57. The Labute approximate surface area is 120 Å². The highest BCUT2D eigenvalue weighted by Crippen LogP contribution is 2.22. The van der Waals surface area contributed by atoms with Gasteiger partial charge in [0, 0.05) is 12.2 Å². The lowest BCUT2D eigenvalue weighted by molar-refractivity contribution is 0.101. The molecule has 4 nitrogen and oxygen atoms in total. The summed E-state index contributed by atoms with van der Waals surface area (Å²) in [5.41, 5.74) is 3.51. The van der Waals surface area contributed by atoms with Gasteiger partial charge < -0.3 is 5.32 Å². The maximum atomic E-state index is 12.4. The first-order valence-electron chi connectivity index (χ1n) is 6.13. The van der Waals surface area contributed by atoms with Gasteiger partial charge in [0.15, 0.2) is 0 Å². The van der Waals surface area contributed by atoms with E-state index in [4.69, 9.17) is 0 Å². The fourth-order valence-electron chi connectivity index (χ4n) is 2.01. The number of rotatable bonds is 3. The van der Waals surface area contributed by atoms with Crippen molar-refractivity contribution in [2.75, 3.05) is 5.32 Å². The van der Waals surface area contributed by atoms with Crippen molar-refractivity contribution < 1.29 is 4.79 Å². The molecule has 2 aromatic rings. The summed E-state index contributed by atoms with van der Waals surface area (Å²) < 4.78 is 2.38. The van der Waals surface area contributed by atoms with E-state index in [-0.39, 0.29) is 5.91 Å². The zero-order chi connectivity index (χ0) is 14.0. The van der Waals surface area contributed by atoms with Gasteiger partial charge in [0.05, 0.1) is 10.7 Å². The summed E-state index contributed by atoms with van der Waals surface area (Å²) in [5, 5.41) is 7.12.